The van der Waals surface area contributed by atoms with Crippen LogP contribution in [0.5, 0.6) is 0 Å². The predicted octanol–water partition coefficient (Wildman–Crippen LogP) is 3.20. The molecule has 2 aliphatic rings. The molecule has 3 N–H and O–H groups in total. The molecule has 1 heterocycles. The van der Waals surface area contributed by atoms with E-state index in [0.29, 0.717) is 0 Å². The average Bonchev–Trinajstić information content (AvgIpc) is 2.50. The second-order valence-electron chi connectivity index (χ2n) is 7.38. The van der Waals surface area contributed by atoms with Crippen molar-refractivity contribution >= 4 is 24.0 Å². The molecular weight excluding hydrogens is 312 g/mol. The minimum atomic E-state index is -0.864. The molecule has 0 spiro atoms. The lowest BCUT2D eigenvalue weighted by molar-refractivity contribution is -0.222. The fourth-order valence-electron chi connectivity index (χ4n) is 4.09. The normalized spacial score (nSPS) is 31.3. The summed E-state index contributed by atoms with van der Waals surface area (Å²) in [6, 6.07) is 5.95. The maximum atomic E-state index is 12.9. The van der Waals surface area contributed by atoms with E-state index in [2.05, 4.69) is 12.2 Å². The lowest BCUT2D eigenvalue weighted by atomic mass is 9.46. The molecule has 1 saturated carbocycles. The first-order valence-electron chi connectivity index (χ1n) is 8.07. The van der Waals surface area contributed by atoms with Crippen LogP contribution >= 0.6 is 12.4 Å². The van der Waals surface area contributed by atoms with Gasteiger partial charge < -0.3 is 15.8 Å². The quantitative estimate of drug-likeness (QED) is 0.870. The van der Waals surface area contributed by atoms with E-state index in [-0.39, 0.29) is 35.8 Å². The Bertz CT molecular complexity index is 617. The maximum absolute atomic E-state index is 12.9. The Labute approximate surface area is 144 Å². The number of fused-ring (bicyclic) bond motifs is 1. The number of halogens is 1. The molecular formula is C18H27ClN2O2. The zero-order valence-electron chi connectivity index (χ0n) is 14.3. The van der Waals surface area contributed by atoms with E-state index in [1.165, 1.54) is 5.56 Å². The van der Waals surface area contributed by atoms with Gasteiger partial charge in [0.25, 0.3) is 0 Å². The van der Waals surface area contributed by atoms with Crippen molar-refractivity contribution in [1.29, 1.82) is 0 Å². The summed E-state index contributed by atoms with van der Waals surface area (Å²) in [6.07, 6.45) is 2.04. The van der Waals surface area contributed by atoms with E-state index >= 15 is 0 Å². The molecule has 4 nitrogen and oxygen atoms in total. The summed E-state index contributed by atoms with van der Waals surface area (Å²) in [6.45, 7) is 8.96. The molecule has 1 aliphatic heterocycles. The molecule has 0 radical (unpaired) electrons. The van der Waals surface area contributed by atoms with Crippen LogP contribution < -0.4 is 11.1 Å². The highest BCUT2D eigenvalue weighted by molar-refractivity contribution is 6.00. The third-order valence-corrected chi connectivity index (χ3v) is 5.83. The third kappa shape index (κ3) is 2.57. The SMILES string of the molecule is Cc1ccc(NC(=O)C2(N)C3CCCOC3C2(C)C)cc1C.Cl. The second-order valence-corrected chi connectivity index (χ2v) is 7.38. The van der Waals surface area contributed by atoms with Crippen LogP contribution in [0.2, 0.25) is 0 Å². The molecule has 0 aromatic heterocycles. The number of carbonyl (C=O) groups excluding carboxylic acids is 1. The Hall–Kier alpha value is -1.10. The molecule has 3 unspecified atom stereocenters. The average molecular weight is 339 g/mol. The molecule has 128 valence electrons. The standard InChI is InChI=1S/C18H26N2O2.ClH/c1-11-7-8-13(10-12(11)2)20-16(21)18(19)14-6-5-9-22-15(14)17(18,3)4;/h7-8,10,14-15H,5-6,9,19H2,1-4H3,(H,20,21);1H. The van der Waals surface area contributed by atoms with Crippen LogP contribution in [-0.4, -0.2) is 24.2 Å². The van der Waals surface area contributed by atoms with Gasteiger partial charge >= 0.3 is 0 Å². The number of amides is 1. The molecule has 1 saturated heterocycles. The highest BCUT2D eigenvalue weighted by atomic mass is 35.5. The van der Waals surface area contributed by atoms with Crippen molar-refractivity contribution in [3.63, 3.8) is 0 Å². The van der Waals surface area contributed by atoms with Crippen molar-refractivity contribution in [1.82, 2.24) is 0 Å². The first kappa shape index (κ1) is 18.2. The van der Waals surface area contributed by atoms with Crippen molar-refractivity contribution in [2.24, 2.45) is 17.1 Å². The van der Waals surface area contributed by atoms with Crippen LogP contribution in [0.15, 0.2) is 18.2 Å². The molecule has 1 aromatic carbocycles. The fraction of sp³-hybridized carbons (Fsp3) is 0.611. The van der Waals surface area contributed by atoms with Crippen LogP contribution in [0.4, 0.5) is 5.69 Å². The van der Waals surface area contributed by atoms with E-state index < -0.39 is 5.54 Å². The van der Waals surface area contributed by atoms with Gasteiger partial charge in [-0.3, -0.25) is 4.79 Å². The summed E-state index contributed by atoms with van der Waals surface area (Å²) >= 11 is 0. The Morgan fingerprint density at radius 3 is 2.65 bits per heavy atom. The van der Waals surface area contributed by atoms with Gasteiger partial charge in [-0.05, 0) is 49.9 Å². The van der Waals surface area contributed by atoms with E-state index in [0.717, 1.165) is 30.7 Å². The van der Waals surface area contributed by atoms with Crippen molar-refractivity contribution < 1.29 is 9.53 Å². The summed E-state index contributed by atoms with van der Waals surface area (Å²) in [5.41, 5.74) is 8.58. The smallest absolute Gasteiger partial charge is 0.245 e. The molecule has 23 heavy (non-hydrogen) atoms. The summed E-state index contributed by atoms with van der Waals surface area (Å²) in [5.74, 6) is 0.0234. The number of anilines is 1. The second kappa shape index (κ2) is 6.08. The zero-order valence-corrected chi connectivity index (χ0v) is 15.1. The van der Waals surface area contributed by atoms with Crippen molar-refractivity contribution in [2.75, 3.05) is 11.9 Å². The Balaban J connectivity index is 0.00000192. The Morgan fingerprint density at radius 2 is 2.00 bits per heavy atom. The van der Waals surface area contributed by atoms with Gasteiger partial charge in [0.2, 0.25) is 5.91 Å². The topological polar surface area (TPSA) is 64.4 Å². The Kier molecular flexibility index (Phi) is 4.82. The summed E-state index contributed by atoms with van der Waals surface area (Å²) in [7, 11) is 0. The van der Waals surface area contributed by atoms with Gasteiger partial charge in [0, 0.05) is 23.6 Å². The minimum Gasteiger partial charge on any atom is -0.377 e. The lowest BCUT2D eigenvalue weighted by Gasteiger charge is -2.65. The molecule has 2 fully saturated rings. The monoisotopic (exact) mass is 338 g/mol. The summed E-state index contributed by atoms with van der Waals surface area (Å²) in [5, 5.41) is 3.02. The Morgan fingerprint density at radius 1 is 1.30 bits per heavy atom. The molecule has 1 amide bonds. The first-order chi connectivity index (χ1) is 10.3. The highest BCUT2D eigenvalue weighted by Gasteiger charge is 2.70. The van der Waals surface area contributed by atoms with Gasteiger partial charge in [0.15, 0.2) is 0 Å². The van der Waals surface area contributed by atoms with Crippen LogP contribution in [0.3, 0.4) is 0 Å². The number of nitrogens with two attached hydrogens (primary N) is 1. The van der Waals surface area contributed by atoms with Gasteiger partial charge in [0.05, 0.1) is 6.10 Å². The van der Waals surface area contributed by atoms with E-state index in [4.69, 9.17) is 10.5 Å². The van der Waals surface area contributed by atoms with Gasteiger partial charge in [0.1, 0.15) is 5.54 Å². The summed E-state index contributed by atoms with van der Waals surface area (Å²) < 4.78 is 5.86. The number of benzene rings is 1. The van der Waals surface area contributed by atoms with Crippen molar-refractivity contribution in [3.8, 4) is 0 Å². The van der Waals surface area contributed by atoms with E-state index in [1.54, 1.807) is 0 Å². The van der Waals surface area contributed by atoms with Gasteiger partial charge in [-0.1, -0.05) is 19.9 Å². The predicted molar refractivity (Wildman–Crippen MR) is 95.0 cm³/mol. The van der Waals surface area contributed by atoms with Crippen LogP contribution in [-0.2, 0) is 9.53 Å². The lowest BCUT2D eigenvalue weighted by Crippen LogP contribution is -2.81. The number of hydrogen-bond donors (Lipinski definition) is 2. The van der Waals surface area contributed by atoms with Crippen LogP contribution in [0.25, 0.3) is 0 Å². The number of nitrogens with one attached hydrogen (secondary N) is 1. The van der Waals surface area contributed by atoms with Crippen LogP contribution in [0.1, 0.15) is 37.8 Å². The molecule has 3 rings (SSSR count). The zero-order chi connectivity index (χ0) is 16.1. The first-order valence-corrected chi connectivity index (χ1v) is 8.07. The molecule has 5 heteroatoms. The number of hydrogen-bond acceptors (Lipinski definition) is 3. The summed E-state index contributed by atoms with van der Waals surface area (Å²) in [4.78, 5) is 12.9. The van der Waals surface area contributed by atoms with Gasteiger partial charge in [-0.2, -0.15) is 0 Å². The molecule has 3 atom stereocenters. The van der Waals surface area contributed by atoms with Crippen LogP contribution in [0, 0.1) is 25.2 Å². The largest absolute Gasteiger partial charge is 0.377 e. The number of aryl methyl sites for hydroxylation is 2. The fourth-order valence-corrected chi connectivity index (χ4v) is 4.09. The number of rotatable bonds is 2. The maximum Gasteiger partial charge on any atom is 0.245 e. The molecule has 1 aromatic rings. The van der Waals surface area contributed by atoms with E-state index in [1.807, 2.05) is 39.0 Å². The van der Waals surface area contributed by atoms with Gasteiger partial charge in [-0.15, -0.1) is 12.4 Å². The number of carbonyl (C=O) groups is 1. The minimum absolute atomic E-state index is 0. The van der Waals surface area contributed by atoms with Gasteiger partial charge in [-0.25, -0.2) is 0 Å². The number of ether oxygens (including phenoxy) is 1. The van der Waals surface area contributed by atoms with Crippen molar-refractivity contribution in [3.05, 3.63) is 29.3 Å². The third-order valence-electron chi connectivity index (χ3n) is 5.83. The molecule has 0 bridgehead atoms. The highest BCUT2D eigenvalue weighted by Crippen LogP contribution is 2.57. The van der Waals surface area contributed by atoms with E-state index in [9.17, 15) is 4.79 Å². The van der Waals surface area contributed by atoms with Crippen molar-refractivity contribution in [2.45, 2.75) is 52.2 Å². The molecule has 1 aliphatic carbocycles.